The maximum absolute atomic E-state index is 8.71. The SMILES string of the molecule is Cc1cc(CO)c(Br)s1. The first-order valence-corrected chi connectivity index (χ1v) is 4.20. The molecule has 0 fully saturated rings. The van der Waals surface area contributed by atoms with Gasteiger partial charge in [0.2, 0.25) is 0 Å². The monoisotopic (exact) mass is 206 g/mol. The fourth-order valence-electron chi connectivity index (χ4n) is 0.646. The van der Waals surface area contributed by atoms with Gasteiger partial charge in [0.15, 0.2) is 0 Å². The molecule has 0 amide bonds. The molecular formula is C6H7BrOS. The van der Waals surface area contributed by atoms with Crippen LogP contribution in [0.25, 0.3) is 0 Å². The van der Waals surface area contributed by atoms with Crippen molar-refractivity contribution in [3.8, 4) is 0 Å². The maximum atomic E-state index is 8.71. The predicted molar refractivity (Wildman–Crippen MR) is 42.7 cm³/mol. The second-order valence-electron chi connectivity index (χ2n) is 1.81. The Morgan fingerprint density at radius 2 is 2.44 bits per heavy atom. The molecule has 0 unspecified atom stereocenters. The number of aliphatic hydroxyl groups is 1. The van der Waals surface area contributed by atoms with Gasteiger partial charge in [0.25, 0.3) is 0 Å². The van der Waals surface area contributed by atoms with Gasteiger partial charge in [-0.15, -0.1) is 11.3 Å². The summed E-state index contributed by atoms with van der Waals surface area (Å²) in [5, 5.41) is 8.71. The Balaban J connectivity index is 3.01. The summed E-state index contributed by atoms with van der Waals surface area (Å²) in [5.74, 6) is 0. The van der Waals surface area contributed by atoms with Gasteiger partial charge in [-0.25, -0.2) is 0 Å². The fourth-order valence-corrected chi connectivity index (χ4v) is 2.39. The molecule has 1 aromatic rings. The van der Waals surface area contributed by atoms with Crippen molar-refractivity contribution in [2.45, 2.75) is 13.5 Å². The molecule has 1 heterocycles. The quantitative estimate of drug-likeness (QED) is 0.749. The first kappa shape index (κ1) is 7.25. The molecule has 1 nitrogen and oxygen atoms in total. The summed E-state index contributed by atoms with van der Waals surface area (Å²) >= 11 is 4.99. The van der Waals surface area contributed by atoms with E-state index in [-0.39, 0.29) is 6.61 Å². The molecule has 0 atom stereocenters. The van der Waals surface area contributed by atoms with Crippen molar-refractivity contribution in [3.63, 3.8) is 0 Å². The standard InChI is InChI=1S/C6H7BrOS/c1-4-2-5(3-8)6(7)9-4/h2,8H,3H2,1H3. The van der Waals surface area contributed by atoms with Gasteiger partial charge in [-0.05, 0) is 28.9 Å². The van der Waals surface area contributed by atoms with E-state index in [1.807, 2.05) is 13.0 Å². The van der Waals surface area contributed by atoms with Crippen molar-refractivity contribution in [2.24, 2.45) is 0 Å². The molecule has 0 aliphatic heterocycles. The lowest BCUT2D eigenvalue weighted by Gasteiger charge is -1.85. The molecule has 50 valence electrons. The van der Waals surface area contributed by atoms with Crippen LogP contribution in [0, 0.1) is 6.92 Å². The Morgan fingerprint density at radius 1 is 1.78 bits per heavy atom. The van der Waals surface area contributed by atoms with Crippen molar-refractivity contribution in [1.82, 2.24) is 0 Å². The topological polar surface area (TPSA) is 20.2 Å². The largest absolute Gasteiger partial charge is 0.392 e. The number of halogens is 1. The van der Waals surface area contributed by atoms with Crippen molar-refractivity contribution in [2.75, 3.05) is 0 Å². The molecule has 0 saturated heterocycles. The van der Waals surface area contributed by atoms with E-state index in [4.69, 9.17) is 5.11 Å². The van der Waals surface area contributed by atoms with E-state index in [2.05, 4.69) is 15.9 Å². The highest BCUT2D eigenvalue weighted by Crippen LogP contribution is 2.26. The lowest BCUT2D eigenvalue weighted by molar-refractivity contribution is 0.281. The second kappa shape index (κ2) is 2.82. The average Bonchev–Trinajstić information content (AvgIpc) is 2.10. The molecule has 0 aliphatic carbocycles. The Kier molecular flexibility index (Phi) is 2.27. The molecular weight excluding hydrogens is 200 g/mol. The molecule has 0 aromatic carbocycles. The molecule has 0 saturated carbocycles. The van der Waals surface area contributed by atoms with Crippen molar-refractivity contribution >= 4 is 27.3 Å². The molecule has 0 spiro atoms. The molecule has 9 heavy (non-hydrogen) atoms. The predicted octanol–water partition coefficient (Wildman–Crippen LogP) is 2.31. The lowest BCUT2D eigenvalue weighted by Crippen LogP contribution is -1.75. The number of hydrogen-bond donors (Lipinski definition) is 1. The molecule has 1 aromatic heterocycles. The highest BCUT2D eigenvalue weighted by Gasteiger charge is 2.00. The fraction of sp³-hybridized carbons (Fsp3) is 0.333. The summed E-state index contributed by atoms with van der Waals surface area (Å²) in [6.07, 6.45) is 0. The van der Waals surface area contributed by atoms with Crippen LogP contribution in [0.3, 0.4) is 0 Å². The summed E-state index contributed by atoms with van der Waals surface area (Å²) in [6.45, 7) is 2.15. The van der Waals surface area contributed by atoms with E-state index in [0.717, 1.165) is 9.35 Å². The van der Waals surface area contributed by atoms with Crippen LogP contribution < -0.4 is 0 Å². The van der Waals surface area contributed by atoms with Crippen LogP contribution in [-0.4, -0.2) is 5.11 Å². The minimum atomic E-state index is 0.130. The summed E-state index contributed by atoms with van der Waals surface area (Å²) in [7, 11) is 0. The van der Waals surface area contributed by atoms with Crippen LogP contribution in [0.5, 0.6) is 0 Å². The number of hydrogen-bond acceptors (Lipinski definition) is 2. The van der Waals surface area contributed by atoms with Crippen molar-refractivity contribution in [3.05, 3.63) is 20.3 Å². The summed E-state index contributed by atoms with van der Waals surface area (Å²) in [6, 6.07) is 1.98. The van der Waals surface area contributed by atoms with E-state index >= 15 is 0 Å². The highest BCUT2D eigenvalue weighted by molar-refractivity contribution is 9.11. The third kappa shape index (κ3) is 1.53. The van der Waals surface area contributed by atoms with Crippen LogP contribution >= 0.6 is 27.3 Å². The zero-order valence-electron chi connectivity index (χ0n) is 5.02. The smallest absolute Gasteiger partial charge is 0.0756 e. The zero-order chi connectivity index (χ0) is 6.85. The van der Waals surface area contributed by atoms with E-state index in [1.54, 1.807) is 11.3 Å². The van der Waals surface area contributed by atoms with Gasteiger partial charge in [-0.1, -0.05) is 0 Å². The van der Waals surface area contributed by atoms with Gasteiger partial charge in [0, 0.05) is 10.4 Å². The number of aliphatic hydroxyl groups excluding tert-OH is 1. The number of thiophene rings is 1. The first-order valence-electron chi connectivity index (χ1n) is 2.59. The first-order chi connectivity index (χ1) is 4.24. The van der Waals surface area contributed by atoms with Gasteiger partial charge in [0.1, 0.15) is 0 Å². The van der Waals surface area contributed by atoms with Crippen LogP contribution in [0.1, 0.15) is 10.4 Å². The molecule has 0 aliphatic rings. The highest BCUT2D eigenvalue weighted by atomic mass is 79.9. The zero-order valence-corrected chi connectivity index (χ0v) is 7.42. The Morgan fingerprint density at radius 3 is 2.67 bits per heavy atom. The molecule has 1 rings (SSSR count). The van der Waals surface area contributed by atoms with E-state index in [9.17, 15) is 0 Å². The summed E-state index contributed by atoms with van der Waals surface area (Å²) in [4.78, 5) is 1.23. The van der Waals surface area contributed by atoms with Crippen molar-refractivity contribution in [1.29, 1.82) is 0 Å². The number of aryl methyl sites for hydroxylation is 1. The minimum absolute atomic E-state index is 0.130. The van der Waals surface area contributed by atoms with E-state index < -0.39 is 0 Å². The van der Waals surface area contributed by atoms with E-state index in [1.165, 1.54) is 4.88 Å². The van der Waals surface area contributed by atoms with Gasteiger partial charge in [-0.3, -0.25) is 0 Å². The van der Waals surface area contributed by atoms with Gasteiger partial charge >= 0.3 is 0 Å². The van der Waals surface area contributed by atoms with Crippen LogP contribution in [0.4, 0.5) is 0 Å². The van der Waals surface area contributed by atoms with Gasteiger partial charge in [0.05, 0.1) is 10.4 Å². The third-order valence-corrected chi connectivity index (χ3v) is 2.93. The summed E-state index contributed by atoms with van der Waals surface area (Å²) in [5.41, 5.74) is 0.984. The van der Waals surface area contributed by atoms with Crippen LogP contribution in [0.15, 0.2) is 9.85 Å². The lowest BCUT2D eigenvalue weighted by atomic mass is 10.3. The van der Waals surface area contributed by atoms with E-state index in [0.29, 0.717) is 0 Å². The minimum Gasteiger partial charge on any atom is -0.392 e. The Bertz CT molecular complexity index is 207. The second-order valence-corrected chi connectivity index (χ2v) is 4.39. The normalized spacial score (nSPS) is 10.1. The average molecular weight is 207 g/mol. The summed E-state index contributed by atoms with van der Waals surface area (Å²) < 4.78 is 1.04. The van der Waals surface area contributed by atoms with Gasteiger partial charge < -0.3 is 5.11 Å². The van der Waals surface area contributed by atoms with Crippen molar-refractivity contribution < 1.29 is 5.11 Å². The number of rotatable bonds is 1. The van der Waals surface area contributed by atoms with Crippen LogP contribution in [0.2, 0.25) is 0 Å². The maximum Gasteiger partial charge on any atom is 0.0756 e. The third-order valence-electron chi connectivity index (χ3n) is 1.05. The Labute approximate surface area is 66.5 Å². The molecule has 0 radical (unpaired) electrons. The Hall–Kier alpha value is 0.140. The molecule has 3 heteroatoms. The molecule has 0 bridgehead atoms. The van der Waals surface area contributed by atoms with Crippen LogP contribution in [-0.2, 0) is 6.61 Å². The van der Waals surface area contributed by atoms with Gasteiger partial charge in [-0.2, -0.15) is 0 Å². The molecule has 1 N–H and O–H groups in total.